The van der Waals surface area contributed by atoms with Crippen LogP contribution in [-0.2, 0) is 6.18 Å². The van der Waals surface area contributed by atoms with Gasteiger partial charge in [-0.25, -0.2) is 4.39 Å². The van der Waals surface area contributed by atoms with Crippen molar-refractivity contribution >= 4 is 11.4 Å². The first-order valence-electron chi connectivity index (χ1n) is 6.12. The predicted molar refractivity (Wildman–Crippen MR) is 71.5 cm³/mol. The molecule has 1 unspecified atom stereocenters. The van der Waals surface area contributed by atoms with Crippen LogP contribution in [0.5, 0.6) is 0 Å². The Morgan fingerprint density at radius 3 is 2.43 bits per heavy atom. The molecule has 1 heterocycles. The van der Waals surface area contributed by atoms with E-state index in [4.69, 9.17) is 5.73 Å². The zero-order valence-corrected chi connectivity index (χ0v) is 11.1. The predicted octanol–water partition coefficient (Wildman–Crippen LogP) is 4.00. The average Bonchev–Trinajstić information content (AvgIpc) is 2.40. The summed E-state index contributed by atoms with van der Waals surface area (Å²) < 4.78 is 51.6. The molecule has 112 valence electrons. The Kier molecular flexibility index (Phi) is 4.13. The summed E-state index contributed by atoms with van der Waals surface area (Å²) in [4.78, 5) is 4.04. The summed E-state index contributed by atoms with van der Waals surface area (Å²) >= 11 is 0. The molecular weight excluding hydrogens is 286 g/mol. The first-order chi connectivity index (χ1) is 9.77. The van der Waals surface area contributed by atoms with Crippen LogP contribution in [0.25, 0.3) is 0 Å². The molecule has 2 rings (SSSR count). The quantitative estimate of drug-likeness (QED) is 0.842. The maximum absolute atomic E-state index is 13.0. The summed E-state index contributed by atoms with van der Waals surface area (Å²) in [6.07, 6.45) is -3.27. The summed E-state index contributed by atoms with van der Waals surface area (Å²) in [6, 6.07) is 5.36. The van der Waals surface area contributed by atoms with Crippen molar-refractivity contribution in [1.29, 1.82) is 0 Å². The van der Waals surface area contributed by atoms with Crippen LogP contribution in [0.4, 0.5) is 28.9 Å². The van der Waals surface area contributed by atoms with Crippen molar-refractivity contribution < 1.29 is 17.6 Å². The van der Waals surface area contributed by atoms with Gasteiger partial charge in [-0.05, 0) is 37.3 Å². The highest BCUT2D eigenvalue weighted by Crippen LogP contribution is 2.36. The molecule has 21 heavy (non-hydrogen) atoms. The normalized spacial score (nSPS) is 13.0. The van der Waals surface area contributed by atoms with Crippen LogP contribution in [0.1, 0.15) is 24.2 Å². The highest BCUT2D eigenvalue weighted by Gasteiger charge is 2.34. The van der Waals surface area contributed by atoms with E-state index in [1.54, 1.807) is 19.1 Å². The van der Waals surface area contributed by atoms with E-state index in [-0.39, 0.29) is 11.7 Å². The highest BCUT2D eigenvalue weighted by atomic mass is 19.4. The van der Waals surface area contributed by atoms with Gasteiger partial charge in [-0.2, -0.15) is 13.2 Å². The fourth-order valence-electron chi connectivity index (χ4n) is 1.76. The number of benzene rings is 1. The topological polar surface area (TPSA) is 50.9 Å². The minimum atomic E-state index is -4.65. The van der Waals surface area contributed by atoms with Gasteiger partial charge >= 0.3 is 6.18 Å². The van der Waals surface area contributed by atoms with Crippen molar-refractivity contribution in [1.82, 2.24) is 4.98 Å². The fraction of sp³-hybridized carbons (Fsp3) is 0.214. The molecular formula is C14H13F4N3. The standard InChI is InChI=1S/C14H13F4N3/c1-8(19)12-5-3-10(7-20-12)21-13-4-2-9(15)6-11(13)14(16,17)18/h2-8,21H,19H2,1H3. The molecule has 0 fully saturated rings. The van der Waals surface area contributed by atoms with E-state index < -0.39 is 17.6 Å². The van der Waals surface area contributed by atoms with Crippen molar-refractivity contribution in [3.63, 3.8) is 0 Å². The van der Waals surface area contributed by atoms with E-state index >= 15 is 0 Å². The summed E-state index contributed by atoms with van der Waals surface area (Å²) in [5.74, 6) is -0.946. The van der Waals surface area contributed by atoms with Gasteiger partial charge in [0.05, 0.1) is 28.8 Å². The number of aromatic nitrogens is 1. The van der Waals surface area contributed by atoms with Crippen LogP contribution < -0.4 is 11.1 Å². The average molecular weight is 299 g/mol. The van der Waals surface area contributed by atoms with Crippen molar-refractivity contribution in [2.75, 3.05) is 5.32 Å². The van der Waals surface area contributed by atoms with Crippen LogP contribution >= 0.6 is 0 Å². The molecule has 0 aliphatic carbocycles. The third-order valence-corrected chi connectivity index (χ3v) is 2.82. The molecule has 3 nitrogen and oxygen atoms in total. The number of halogens is 4. The first-order valence-corrected chi connectivity index (χ1v) is 6.12. The molecule has 0 bridgehead atoms. The van der Waals surface area contributed by atoms with Gasteiger partial charge in [0, 0.05) is 6.04 Å². The Morgan fingerprint density at radius 2 is 1.90 bits per heavy atom. The molecule has 7 heteroatoms. The molecule has 0 spiro atoms. The van der Waals surface area contributed by atoms with Gasteiger partial charge in [0.2, 0.25) is 0 Å². The van der Waals surface area contributed by atoms with Gasteiger partial charge < -0.3 is 11.1 Å². The van der Waals surface area contributed by atoms with E-state index in [9.17, 15) is 17.6 Å². The number of nitrogens with zero attached hydrogens (tertiary/aromatic N) is 1. The van der Waals surface area contributed by atoms with Gasteiger partial charge in [0.15, 0.2) is 0 Å². The lowest BCUT2D eigenvalue weighted by atomic mass is 10.1. The van der Waals surface area contributed by atoms with E-state index in [1.807, 2.05) is 0 Å². The van der Waals surface area contributed by atoms with Crippen LogP contribution in [0, 0.1) is 5.82 Å². The number of pyridine rings is 1. The van der Waals surface area contributed by atoms with Crippen LogP contribution in [0.2, 0.25) is 0 Å². The van der Waals surface area contributed by atoms with Crippen molar-refractivity contribution in [3.8, 4) is 0 Å². The van der Waals surface area contributed by atoms with E-state index in [0.717, 1.165) is 12.1 Å². The van der Waals surface area contributed by atoms with Crippen LogP contribution in [-0.4, -0.2) is 4.98 Å². The third kappa shape index (κ3) is 3.69. The number of hydrogen-bond donors (Lipinski definition) is 2. The first kappa shape index (κ1) is 15.2. The monoisotopic (exact) mass is 299 g/mol. The second-order valence-electron chi connectivity index (χ2n) is 4.57. The molecule has 0 saturated heterocycles. The Balaban J connectivity index is 2.31. The van der Waals surface area contributed by atoms with Crippen molar-refractivity contribution in [2.45, 2.75) is 19.1 Å². The Morgan fingerprint density at radius 1 is 1.19 bits per heavy atom. The molecule has 0 radical (unpaired) electrons. The Hall–Kier alpha value is -2.15. The zero-order valence-electron chi connectivity index (χ0n) is 11.1. The van der Waals surface area contributed by atoms with Crippen LogP contribution in [0.15, 0.2) is 36.5 Å². The SMILES string of the molecule is CC(N)c1ccc(Nc2ccc(F)cc2C(F)(F)F)cn1. The number of alkyl halides is 3. The van der Waals surface area contributed by atoms with Gasteiger partial charge in [-0.3, -0.25) is 4.98 Å². The Bertz CT molecular complexity index is 621. The summed E-state index contributed by atoms with van der Waals surface area (Å²) in [6.45, 7) is 1.75. The molecule has 3 N–H and O–H groups in total. The molecule has 1 atom stereocenters. The largest absolute Gasteiger partial charge is 0.418 e. The Labute approximate surface area is 118 Å². The number of nitrogens with one attached hydrogen (secondary N) is 1. The lowest BCUT2D eigenvalue weighted by Crippen LogP contribution is -2.10. The summed E-state index contributed by atoms with van der Waals surface area (Å²) in [7, 11) is 0. The minimum Gasteiger partial charge on any atom is -0.354 e. The van der Waals surface area contributed by atoms with Gasteiger partial charge in [-0.1, -0.05) is 0 Å². The lowest BCUT2D eigenvalue weighted by Gasteiger charge is -2.15. The second kappa shape index (κ2) is 5.69. The fourth-order valence-corrected chi connectivity index (χ4v) is 1.76. The molecule has 0 saturated carbocycles. The number of rotatable bonds is 3. The molecule has 1 aromatic heterocycles. The van der Waals surface area contributed by atoms with Gasteiger partial charge in [0.1, 0.15) is 5.82 Å². The van der Waals surface area contributed by atoms with Crippen molar-refractivity contribution in [3.05, 3.63) is 53.6 Å². The molecule has 0 aliphatic heterocycles. The molecule has 1 aromatic carbocycles. The maximum atomic E-state index is 13.0. The number of nitrogens with two attached hydrogens (primary N) is 1. The van der Waals surface area contributed by atoms with Crippen LogP contribution in [0.3, 0.4) is 0 Å². The summed E-state index contributed by atoms with van der Waals surface area (Å²) in [5.41, 5.74) is 5.31. The van der Waals surface area contributed by atoms with E-state index in [1.165, 1.54) is 6.20 Å². The lowest BCUT2D eigenvalue weighted by molar-refractivity contribution is -0.137. The number of anilines is 2. The smallest absolute Gasteiger partial charge is 0.354 e. The van der Waals surface area contributed by atoms with E-state index in [2.05, 4.69) is 10.3 Å². The second-order valence-corrected chi connectivity index (χ2v) is 4.57. The molecule has 2 aromatic rings. The molecule has 0 aliphatic rings. The summed E-state index contributed by atoms with van der Waals surface area (Å²) in [5, 5.41) is 2.58. The van der Waals surface area contributed by atoms with E-state index in [0.29, 0.717) is 17.4 Å². The van der Waals surface area contributed by atoms with Gasteiger partial charge in [0.25, 0.3) is 0 Å². The molecule has 0 amide bonds. The highest BCUT2D eigenvalue weighted by molar-refractivity contribution is 5.63. The maximum Gasteiger partial charge on any atom is 0.418 e. The number of hydrogen-bond acceptors (Lipinski definition) is 3. The minimum absolute atomic E-state index is 0.237. The third-order valence-electron chi connectivity index (χ3n) is 2.82. The van der Waals surface area contributed by atoms with Gasteiger partial charge in [-0.15, -0.1) is 0 Å². The zero-order chi connectivity index (χ0) is 15.6. The van der Waals surface area contributed by atoms with Crippen molar-refractivity contribution in [2.24, 2.45) is 5.73 Å².